The standard InChI is InChI=1S/C14H12F3N3/c1-10-2-4-11(5-3-10)8-19-20-13-7-6-12(9-18-13)14(15,16)17/h2-9H,1H3,(H,18,20)/b19-8-. The first-order chi connectivity index (χ1) is 9.45. The van der Waals surface area contributed by atoms with Gasteiger partial charge in [0.1, 0.15) is 5.82 Å². The molecule has 0 aliphatic heterocycles. The van der Waals surface area contributed by atoms with Gasteiger partial charge in [0.05, 0.1) is 11.8 Å². The molecule has 0 bridgehead atoms. The first kappa shape index (κ1) is 14.0. The van der Waals surface area contributed by atoms with E-state index < -0.39 is 11.7 Å². The lowest BCUT2D eigenvalue weighted by Crippen LogP contribution is -2.05. The molecule has 0 atom stereocenters. The van der Waals surface area contributed by atoms with Crippen molar-refractivity contribution in [1.82, 2.24) is 4.98 Å². The molecular weight excluding hydrogens is 267 g/mol. The van der Waals surface area contributed by atoms with Crippen molar-refractivity contribution in [2.45, 2.75) is 13.1 Å². The number of pyridine rings is 1. The lowest BCUT2D eigenvalue weighted by molar-refractivity contribution is -0.137. The number of anilines is 1. The normalized spacial score (nSPS) is 11.8. The predicted octanol–water partition coefficient (Wildman–Crippen LogP) is 3.85. The van der Waals surface area contributed by atoms with Crippen molar-refractivity contribution in [3.8, 4) is 0 Å². The van der Waals surface area contributed by atoms with Gasteiger partial charge in [-0.2, -0.15) is 18.3 Å². The molecule has 6 heteroatoms. The Labute approximate surface area is 114 Å². The molecule has 2 rings (SSSR count). The Kier molecular flexibility index (Phi) is 4.02. The van der Waals surface area contributed by atoms with E-state index in [0.29, 0.717) is 0 Å². The van der Waals surface area contributed by atoms with Gasteiger partial charge in [0.15, 0.2) is 0 Å². The number of aryl methyl sites for hydroxylation is 1. The highest BCUT2D eigenvalue weighted by molar-refractivity contribution is 5.80. The molecule has 0 aliphatic carbocycles. The predicted molar refractivity (Wildman–Crippen MR) is 71.6 cm³/mol. The van der Waals surface area contributed by atoms with E-state index >= 15 is 0 Å². The van der Waals surface area contributed by atoms with Gasteiger partial charge < -0.3 is 0 Å². The second kappa shape index (κ2) is 5.73. The van der Waals surface area contributed by atoms with E-state index in [9.17, 15) is 13.2 Å². The maximum absolute atomic E-state index is 12.3. The zero-order chi connectivity index (χ0) is 14.6. The summed E-state index contributed by atoms with van der Waals surface area (Å²) in [6.45, 7) is 1.98. The van der Waals surface area contributed by atoms with Crippen LogP contribution in [0, 0.1) is 6.92 Å². The number of nitrogens with one attached hydrogen (secondary N) is 1. The summed E-state index contributed by atoms with van der Waals surface area (Å²) < 4.78 is 37.0. The van der Waals surface area contributed by atoms with E-state index in [1.165, 1.54) is 6.07 Å². The average Bonchev–Trinajstić information content (AvgIpc) is 2.41. The summed E-state index contributed by atoms with van der Waals surface area (Å²) in [5.41, 5.74) is 3.81. The van der Waals surface area contributed by atoms with E-state index in [4.69, 9.17) is 0 Å². The number of benzene rings is 1. The molecular formula is C14H12F3N3. The summed E-state index contributed by atoms with van der Waals surface area (Å²) in [6, 6.07) is 9.85. The zero-order valence-electron chi connectivity index (χ0n) is 10.6. The van der Waals surface area contributed by atoms with Crippen LogP contribution in [0.4, 0.5) is 19.0 Å². The molecule has 0 saturated carbocycles. The number of rotatable bonds is 3. The number of alkyl halides is 3. The van der Waals surface area contributed by atoms with Crippen LogP contribution in [-0.2, 0) is 6.18 Å². The minimum atomic E-state index is -4.38. The van der Waals surface area contributed by atoms with E-state index in [-0.39, 0.29) is 5.82 Å². The molecule has 104 valence electrons. The number of nitrogens with zero attached hydrogens (tertiary/aromatic N) is 2. The van der Waals surface area contributed by atoms with Crippen LogP contribution < -0.4 is 5.43 Å². The van der Waals surface area contributed by atoms with Crippen molar-refractivity contribution in [2.75, 3.05) is 5.43 Å². The van der Waals surface area contributed by atoms with Gasteiger partial charge in [0.2, 0.25) is 0 Å². The minimum absolute atomic E-state index is 0.251. The first-order valence-electron chi connectivity index (χ1n) is 5.84. The Morgan fingerprint density at radius 2 is 1.80 bits per heavy atom. The number of hydrazone groups is 1. The highest BCUT2D eigenvalue weighted by Gasteiger charge is 2.30. The van der Waals surface area contributed by atoms with Crippen LogP contribution in [0.1, 0.15) is 16.7 Å². The van der Waals surface area contributed by atoms with Gasteiger partial charge >= 0.3 is 6.18 Å². The monoisotopic (exact) mass is 279 g/mol. The third-order valence-electron chi connectivity index (χ3n) is 2.56. The summed E-state index contributed by atoms with van der Waals surface area (Å²) in [7, 11) is 0. The van der Waals surface area contributed by atoms with Crippen molar-refractivity contribution in [3.05, 3.63) is 59.3 Å². The summed E-state index contributed by atoms with van der Waals surface area (Å²) >= 11 is 0. The van der Waals surface area contributed by atoms with Gasteiger partial charge in [-0.3, -0.25) is 5.43 Å². The topological polar surface area (TPSA) is 37.3 Å². The molecule has 20 heavy (non-hydrogen) atoms. The molecule has 0 radical (unpaired) electrons. The van der Waals surface area contributed by atoms with Crippen molar-refractivity contribution < 1.29 is 13.2 Å². The molecule has 2 aromatic rings. The third-order valence-corrected chi connectivity index (χ3v) is 2.56. The molecule has 0 aliphatic rings. The van der Waals surface area contributed by atoms with Crippen molar-refractivity contribution >= 4 is 12.0 Å². The second-order valence-corrected chi connectivity index (χ2v) is 4.21. The molecule has 0 spiro atoms. The maximum Gasteiger partial charge on any atom is 0.417 e. The van der Waals surface area contributed by atoms with Crippen LogP contribution >= 0.6 is 0 Å². The van der Waals surface area contributed by atoms with Crippen molar-refractivity contribution in [3.63, 3.8) is 0 Å². The van der Waals surface area contributed by atoms with Crippen LogP contribution in [0.5, 0.6) is 0 Å². The molecule has 1 aromatic heterocycles. The highest BCUT2D eigenvalue weighted by atomic mass is 19.4. The molecule has 0 amide bonds. The lowest BCUT2D eigenvalue weighted by atomic mass is 10.2. The van der Waals surface area contributed by atoms with E-state index in [0.717, 1.165) is 23.4 Å². The third kappa shape index (κ3) is 3.81. The smallest absolute Gasteiger partial charge is 0.261 e. The second-order valence-electron chi connectivity index (χ2n) is 4.21. The van der Waals surface area contributed by atoms with Gasteiger partial charge in [-0.05, 0) is 24.6 Å². The van der Waals surface area contributed by atoms with E-state index in [2.05, 4.69) is 15.5 Å². The Balaban J connectivity index is 1.99. The van der Waals surface area contributed by atoms with E-state index in [1.54, 1.807) is 6.21 Å². The summed E-state index contributed by atoms with van der Waals surface area (Å²) in [5.74, 6) is 0.251. The molecule has 1 N–H and O–H groups in total. The van der Waals surface area contributed by atoms with Gasteiger partial charge in [-0.1, -0.05) is 29.8 Å². The Bertz CT molecular complexity index is 587. The Morgan fingerprint density at radius 3 is 2.35 bits per heavy atom. The molecule has 0 unspecified atom stereocenters. The van der Waals surface area contributed by atoms with Gasteiger partial charge in [0, 0.05) is 6.20 Å². The number of hydrogen-bond acceptors (Lipinski definition) is 3. The van der Waals surface area contributed by atoms with Crippen LogP contribution in [0.3, 0.4) is 0 Å². The number of aromatic nitrogens is 1. The largest absolute Gasteiger partial charge is 0.417 e. The first-order valence-corrected chi connectivity index (χ1v) is 5.84. The lowest BCUT2D eigenvalue weighted by Gasteiger charge is -2.06. The van der Waals surface area contributed by atoms with Crippen LogP contribution in [0.25, 0.3) is 0 Å². The van der Waals surface area contributed by atoms with Crippen molar-refractivity contribution in [2.24, 2.45) is 5.10 Å². The van der Waals surface area contributed by atoms with Crippen LogP contribution in [0.2, 0.25) is 0 Å². The summed E-state index contributed by atoms with van der Waals surface area (Å²) in [5, 5.41) is 3.91. The molecule has 1 aromatic carbocycles. The quantitative estimate of drug-likeness (QED) is 0.684. The van der Waals surface area contributed by atoms with Gasteiger partial charge in [0.25, 0.3) is 0 Å². The van der Waals surface area contributed by atoms with E-state index in [1.807, 2.05) is 31.2 Å². The van der Waals surface area contributed by atoms with Crippen LogP contribution in [0.15, 0.2) is 47.7 Å². The van der Waals surface area contributed by atoms with Crippen molar-refractivity contribution in [1.29, 1.82) is 0 Å². The molecule has 0 fully saturated rings. The van der Waals surface area contributed by atoms with Gasteiger partial charge in [-0.25, -0.2) is 4.98 Å². The average molecular weight is 279 g/mol. The molecule has 3 nitrogen and oxygen atoms in total. The summed E-state index contributed by atoms with van der Waals surface area (Å²) in [6.07, 6.45) is -2.04. The number of halogens is 3. The molecule has 1 heterocycles. The van der Waals surface area contributed by atoms with Crippen LogP contribution in [-0.4, -0.2) is 11.2 Å². The fourth-order valence-electron chi connectivity index (χ4n) is 1.45. The number of hydrogen-bond donors (Lipinski definition) is 1. The fourth-order valence-corrected chi connectivity index (χ4v) is 1.45. The molecule has 0 saturated heterocycles. The highest BCUT2D eigenvalue weighted by Crippen LogP contribution is 2.28. The summed E-state index contributed by atoms with van der Waals surface area (Å²) in [4.78, 5) is 3.65. The SMILES string of the molecule is Cc1ccc(/C=N\Nc2ccc(C(F)(F)F)cn2)cc1. The Morgan fingerprint density at radius 1 is 1.10 bits per heavy atom. The maximum atomic E-state index is 12.3. The van der Waals surface area contributed by atoms with Gasteiger partial charge in [-0.15, -0.1) is 0 Å². The zero-order valence-corrected chi connectivity index (χ0v) is 10.6. The fraction of sp³-hybridized carbons (Fsp3) is 0.143. The minimum Gasteiger partial charge on any atom is -0.261 e. The Hall–Kier alpha value is -2.37.